The van der Waals surface area contributed by atoms with Gasteiger partial charge in [-0.05, 0) is 24.8 Å². The molecule has 0 aliphatic carbocycles. The predicted octanol–water partition coefficient (Wildman–Crippen LogP) is 4.29. The molecule has 0 aromatic carbocycles. The Balaban J connectivity index is 2.01. The van der Waals surface area contributed by atoms with Crippen LogP contribution in [0.2, 0.25) is 4.34 Å². The zero-order chi connectivity index (χ0) is 13.8. The Labute approximate surface area is 129 Å². The summed E-state index contributed by atoms with van der Waals surface area (Å²) in [4.78, 5) is 2.78. The molecule has 0 saturated heterocycles. The van der Waals surface area contributed by atoms with Gasteiger partial charge in [0.15, 0.2) is 0 Å². The van der Waals surface area contributed by atoms with Crippen LogP contribution in [0.4, 0.5) is 10.7 Å². The molecule has 19 heavy (non-hydrogen) atoms. The SMILES string of the molecule is CSc1c(NCCc2ccc(Cl)s2)sc(C#N)c1N. The maximum atomic E-state index is 8.99. The van der Waals surface area contributed by atoms with Gasteiger partial charge >= 0.3 is 0 Å². The smallest absolute Gasteiger partial charge is 0.131 e. The van der Waals surface area contributed by atoms with E-state index in [4.69, 9.17) is 22.6 Å². The van der Waals surface area contributed by atoms with Crippen molar-refractivity contribution in [3.8, 4) is 6.07 Å². The number of thiophene rings is 2. The Kier molecular flexibility index (Phi) is 4.99. The highest BCUT2D eigenvalue weighted by Gasteiger charge is 2.14. The van der Waals surface area contributed by atoms with Crippen molar-refractivity contribution in [2.75, 3.05) is 23.9 Å². The van der Waals surface area contributed by atoms with Gasteiger partial charge in [-0.25, -0.2) is 0 Å². The van der Waals surface area contributed by atoms with Gasteiger partial charge in [0, 0.05) is 11.4 Å². The van der Waals surface area contributed by atoms with E-state index in [1.165, 1.54) is 16.2 Å². The summed E-state index contributed by atoms with van der Waals surface area (Å²) >= 11 is 10.5. The Bertz CT molecular complexity index is 612. The van der Waals surface area contributed by atoms with E-state index in [0.717, 1.165) is 27.2 Å². The number of halogens is 1. The lowest BCUT2D eigenvalue weighted by Crippen LogP contribution is -2.03. The molecule has 2 aromatic heterocycles. The number of thioether (sulfide) groups is 1. The average molecular weight is 330 g/mol. The minimum Gasteiger partial charge on any atom is -0.396 e. The van der Waals surface area contributed by atoms with Crippen LogP contribution in [-0.2, 0) is 6.42 Å². The first-order valence-corrected chi connectivity index (χ1v) is 8.73. The zero-order valence-corrected chi connectivity index (χ0v) is 13.4. The van der Waals surface area contributed by atoms with Crippen LogP contribution < -0.4 is 11.1 Å². The first kappa shape index (κ1) is 14.5. The standard InChI is InChI=1S/C12H12ClN3S3/c1-17-11-10(15)8(6-14)19-12(11)16-5-4-7-2-3-9(13)18-7/h2-3,16H,4-5,15H2,1H3. The maximum Gasteiger partial charge on any atom is 0.131 e. The van der Waals surface area contributed by atoms with Gasteiger partial charge in [-0.2, -0.15) is 5.26 Å². The Morgan fingerprint density at radius 3 is 2.84 bits per heavy atom. The lowest BCUT2D eigenvalue weighted by atomic mass is 10.3. The van der Waals surface area contributed by atoms with Gasteiger partial charge in [0.05, 0.1) is 14.9 Å². The Morgan fingerprint density at radius 1 is 1.47 bits per heavy atom. The Morgan fingerprint density at radius 2 is 2.26 bits per heavy atom. The van der Waals surface area contributed by atoms with Crippen LogP contribution >= 0.6 is 46.0 Å². The quantitative estimate of drug-likeness (QED) is 0.803. The molecule has 2 rings (SSSR count). The number of anilines is 2. The number of nitriles is 1. The Hall–Kier alpha value is -0.870. The minimum absolute atomic E-state index is 0.575. The van der Waals surface area contributed by atoms with Crippen molar-refractivity contribution in [2.45, 2.75) is 11.3 Å². The monoisotopic (exact) mass is 329 g/mol. The summed E-state index contributed by atoms with van der Waals surface area (Å²) < 4.78 is 0.812. The molecule has 0 fully saturated rings. The highest BCUT2D eigenvalue weighted by Crippen LogP contribution is 2.41. The van der Waals surface area contributed by atoms with E-state index in [9.17, 15) is 0 Å². The van der Waals surface area contributed by atoms with Crippen LogP contribution in [-0.4, -0.2) is 12.8 Å². The van der Waals surface area contributed by atoms with Gasteiger partial charge in [-0.1, -0.05) is 11.6 Å². The zero-order valence-electron chi connectivity index (χ0n) is 10.2. The maximum absolute atomic E-state index is 8.99. The lowest BCUT2D eigenvalue weighted by molar-refractivity contribution is 1.04. The topological polar surface area (TPSA) is 61.8 Å². The van der Waals surface area contributed by atoms with E-state index in [1.807, 2.05) is 18.4 Å². The summed E-state index contributed by atoms with van der Waals surface area (Å²) in [5.41, 5.74) is 6.51. The van der Waals surface area contributed by atoms with Crippen molar-refractivity contribution in [1.29, 1.82) is 5.26 Å². The molecule has 3 nitrogen and oxygen atoms in total. The largest absolute Gasteiger partial charge is 0.396 e. The van der Waals surface area contributed by atoms with Crippen LogP contribution in [0.1, 0.15) is 9.75 Å². The van der Waals surface area contributed by atoms with Crippen molar-refractivity contribution in [2.24, 2.45) is 0 Å². The van der Waals surface area contributed by atoms with E-state index in [-0.39, 0.29) is 0 Å². The number of rotatable bonds is 5. The van der Waals surface area contributed by atoms with Crippen LogP contribution in [0.5, 0.6) is 0 Å². The third-order valence-corrected chi connectivity index (χ3v) is 5.81. The molecule has 0 radical (unpaired) electrons. The van der Waals surface area contributed by atoms with E-state index >= 15 is 0 Å². The number of nitrogens with zero attached hydrogens (tertiary/aromatic N) is 1. The van der Waals surface area contributed by atoms with Crippen LogP contribution in [0.25, 0.3) is 0 Å². The first-order valence-electron chi connectivity index (χ1n) is 5.50. The van der Waals surface area contributed by atoms with Gasteiger partial charge < -0.3 is 11.1 Å². The number of hydrogen-bond acceptors (Lipinski definition) is 6. The first-order chi connectivity index (χ1) is 9.15. The fourth-order valence-corrected chi connectivity index (χ4v) is 4.56. The molecule has 0 spiro atoms. The lowest BCUT2D eigenvalue weighted by Gasteiger charge is -2.05. The molecule has 0 amide bonds. The summed E-state index contributed by atoms with van der Waals surface area (Å²) in [6.45, 7) is 0.801. The molecule has 0 bridgehead atoms. The van der Waals surface area contributed by atoms with Crippen molar-refractivity contribution in [3.63, 3.8) is 0 Å². The predicted molar refractivity (Wildman–Crippen MR) is 86.8 cm³/mol. The second-order valence-corrected chi connectivity index (χ2v) is 7.34. The number of nitrogens with one attached hydrogen (secondary N) is 1. The molecule has 100 valence electrons. The second-order valence-electron chi connectivity index (χ2n) is 3.70. The molecular weight excluding hydrogens is 318 g/mol. The van der Waals surface area contributed by atoms with E-state index in [2.05, 4.69) is 11.4 Å². The summed E-state index contributed by atoms with van der Waals surface area (Å²) in [5.74, 6) is 0. The van der Waals surface area contributed by atoms with Gasteiger partial charge in [0.1, 0.15) is 15.9 Å². The van der Waals surface area contributed by atoms with E-state index in [0.29, 0.717) is 10.6 Å². The molecule has 0 aliphatic rings. The highest BCUT2D eigenvalue weighted by molar-refractivity contribution is 7.99. The summed E-state index contributed by atoms with van der Waals surface area (Å²) in [5, 5.41) is 13.3. The molecule has 0 atom stereocenters. The molecule has 7 heteroatoms. The van der Waals surface area contributed by atoms with Gasteiger partial charge in [-0.3, -0.25) is 0 Å². The van der Waals surface area contributed by atoms with Crippen molar-refractivity contribution >= 4 is 56.7 Å². The highest BCUT2D eigenvalue weighted by atomic mass is 35.5. The summed E-state index contributed by atoms with van der Waals surface area (Å²) in [7, 11) is 0. The summed E-state index contributed by atoms with van der Waals surface area (Å²) in [6, 6.07) is 6.07. The van der Waals surface area contributed by atoms with Gasteiger partial charge in [-0.15, -0.1) is 34.4 Å². The van der Waals surface area contributed by atoms with E-state index in [1.54, 1.807) is 23.1 Å². The molecular formula is C12H12ClN3S3. The third kappa shape index (κ3) is 3.37. The second kappa shape index (κ2) is 6.53. The molecule has 2 heterocycles. The van der Waals surface area contributed by atoms with Crippen molar-refractivity contribution in [1.82, 2.24) is 0 Å². The minimum atomic E-state index is 0.575. The van der Waals surface area contributed by atoms with Crippen LogP contribution in [0, 0.1) is 11.3 Å². The molecule has 2 aromatic rings. The third-order valence-electron chi connectivity index (χ3n) is 2.49. The normalized spacial score (nSPS) is 10.4. The molecule has 0 aliphatic heterocycles. The number of hydrogen-bond donors (Lipinski definition) is 2. The summed E-state index contributed by atoms with van der Waals surface area (Å²) in [6.07, 6.45) is 2.87. The van der Waals surface area contributed by atoms with Crippen molar-refractivity contribution in [3.05, 3.63) is 26.2 Å². The van der Waals surface area contributed by atoms with Crippen molar-refractivity contribution < 1.29 is 0 Å². The molecule has 3 N–H and O–H groups in total. The fraction of sp³-hybridized carbons (Fsp3) is 0.250. The van der Waals surface area contributed by atoms with Crippen LogP contribution in [0.3, 0.4) is 0 Å². The molecule has 0 saturated carbocycles. The molecule has 0 unspecified atom stereocenters. The number of nitrogen functional groups attached to an aromatic ring is 1. The van der Waals surface area contributed by atoms with Gasteiger partial charge in [0.25, 0.3) is 0 Å². The average Bonchev–Trinajstić information content (AvgIpc) is 2.93. The van der Waals surface area contributed by atoms with Gasteiger partial charge in [0.2, 0.25) is 0 Å². The van der Waals surface area contributed by atoms with E-state index < -0.39 is 0 Å². The van der Waals surface area contributed by atoms with Crippen LogP contribution in [0.15, 0.2) is 17.0 Å². The fourth-order valence-electron chi connectivity index (χ4n) is 1.62. The number of nitrogens with two attached hydrogens (primary N) is 1.